The van der Waals surface area contributed by atoms with Gasteiger partial charge in [-0.1, -0.05) is 0 Å². The van der Waals surface area contributed by atoms with Crippen molar-refractivity contribution in [1.29, 1.82) is 0 Å². The topological polar surface area (TPSA) is 43.7 Å². The van der Waals surface area contributed by atoms with Gasteiger partial charge >= 0.3 is 12.4 Å². The molecule has 0 spiro atoms. The minimum Gasteiger partial charge on any atom is -0.493 e. The number of benzene rings is 1. The van der Waals surface area contributed by atoms with E-state index in [2.05, 4.69) is 9.98 Å². The molecule has 2 rings (SSSR count). The number of alkyl halides is 6. The van der Waals surface area contributed by atoms with Gasteiger partial charge in [-0.2, -0.15) is 26.3 Å². The highest BCUT2D eigenvalue weighted by molar-refractivity contribution is 5.97. The summed E-state index contributed by atoms with van der Waals surface area (Å²) < 4.78 is 87.2. The number of methoxy groups -OCH3 is 2. The van der Waals surface area contributed by atoms with Gasteiger partial charge in [-0.25, -0.2) is 9.98 Å². The second-order valence-corrected chi connectivity index (χ2v) is 4.94. The fourth-order valence-electron chi connectivity index (χ4n) is 2.02. The van der Waals surface area contributed by atoms with Crippen LogP contribution in [0.5, 0.6) is 11.5 Å². The summed E-state index contributed by atoms with van der Waals surface area (Å²) in [5.74, 6) is 0.210. The Morgan fingerprint density at radius 3 is 2.00 bits per heavy atom. The van der Waals surface area contributed by atoms with Gasteiger partial charge in [0, 0.05) is 11.5 Å². The molecule has 10 heteroatoms. The van der Waals surface area contributed by atoms with E-state index in [1.807, 2.05) is 0 Å². The van der Waals surface area contributed by atoms with Gasteiger partial charge in [0.1, 0.15) is 11.4 Å². The first-order valence-corrected chi connectivity index (χ1v) is 6.74. The monoisotopic (exact) mass is 366 g/mol. The fourth-order valence-corrected chi connectivity index (χ4v) is 2.02. The Hall–Kier alpha value is -2.52. The van der Waals surface area contributed by atoms with Crippen molar-refractivity contribution >= 4 is 22.3 Å². The molecule has 0 bridgehead atoms. The number of hydrogen-bond donors (Lipinski definition) is 0. The van der Waals surface area contributed by atoms with E-state index in [0.29, 0.717) is 13.0 Å². The molecule has 0 radical (unpaired) electrons. The Morgan fingerprint density at radius 1 is 0.960 bits per heavy atom. The summed E-state index contributed by atoms with van der Waals surface area (Å²) in [4.78, 5) is 6.77. The highest BCUT2D eigenvalue weighted by Crippen LogP contribution is 2.39. The lowest BCUT2D eigenvalue weighted by Gasteiger charge is -2.14. The molecule has 0 aliphatic carbocycles. The number of ether oxygens (including phenoxy) is 2. The standard InChI is InChI=1S/C15H12F6N2O2/c1-7(14(16,17)18)22-10-6-13(15(19,20)21)23-9-5-12(25-3)11(24-2)4-8(9)10/h4-6H,1-3H3. The van der Waals surface area contributed by atoms with Crippen molar-refractivity contribution in [2.24, 2.45) is 4.99 Å². The minimum absolute atomic E-state index is 0.0331. The Balaban J connectivity index is 2.85. The Bertz CT molecular complexity index is 827. The molecule has 0 atom stereocenters. The molecule has 4 nitrogen and oxygen atoms in total. The molecule has 0 aliphatic heterocycles. The van der Waals surface area contributed by atoms with Crippen LogP contribution in [0.4, 0.5) is 32.0 Å². The summed E-state index contributed by atoms with van der Waals surface area (Å²) in [6.45, 7) is 0.667. The van der Waals surface area contributed by atoms with Crippen LogP contribution in [0.25, 0.3) is 10.9 Å². The average molecular weight is 366 g/mol. The second-order valence-electron chi connectivity index (χ2n) is 4.94. The Morgan fingerprint density at radius 2 is 1.52 bits per heavy atom. The van der Waals surface area contributed by atoms with Crippen molar-refractivity contribution in [3.63, 3.8) is 0 Å². The number of aromatic nitrogens is 1. The Kier molecular flexibility index (Phi) is 4.83. The molecule has 0 unspecified atom stereocenters. The maximum absolute atomic E-state index is 13.0. The number of hydrogen-bond acceptors (Lipinski definition) is 4. The van der Waals surface area contributed by atoms with Gasteiger partial charge in [0.15, 0.2) is 11.5 Å². The van der Waals surface area contributed by atoms with Crippen LogP contribution in [0.15, 0.2) is 23.2 Å². The molecule has 0 N–H and O–H groups in total. The highest BCUT2D eigenvalue weighted by Gasteiger charge is 2.35. The van der Waals surface area contributed by atoms with E-state index in [1.54, 1.807) is 0 Å². The molecular formula is C15H12F6N2O2. The van der Waals surface area contributed by atoms with E-state index in [9.17, 15) is 26.3 Å². The molecule has 25 heavy (non-hydrogen) atoms. The third kappa shape index (κ3) is 3.94. The first-order chi connectivity index (χ1) is 11.5. The van der Waals surface area contributed by atoms with Gasteiger partial charge in [0.2, 0.25) is 0 Å². The van der Waals surface area contributed by atoms with Crippen molar-refractivity contribution in [2.45, 2.75) is 19.3 Å². The first-order valence-electron chi connectivity index (χ1n) is 6.74. The first kappa shape index (κ1) is 18.8. The number of rotatable bonds is 3. The second kappa shape index (κ2) is 6.41. The van der Waals surface area contributed by atoms with E-state index in [-0.39, 0.29) is 22.4 Å². The number of aliphatic imine (C=N–C) groups is 1. The fraction of sp³-hybridized carbons (Fsp3) is 0.333. The maximum atomic E-state index is 13.0. The molecule has 0 saturated carbocycles. The van der Waals surface area contributed by atoms with Gasteiger partial charge in [-0.05, 0) is 19.1 Å². The summed E-state index contributed by atoms with van der Waals surface area (Å²) in [6, 6.07) is 2.83. The van der Waals surface area contributed by atoms with Crippen LogP contribution >= 0.6 is 0 Å². The summed E-state index contributed by atoms with van der Waals surface area (Å²) in [5.41, 5.74) is -3.39. The SMILES string of the molecule is COc1cc2nc(C(F)(F)F)cc(N=C(C)C(F)(F)F)c2cc1OC. The molecule has 0 amide bonds. The van der Waals surface area contributed by atoms with Crippen LogP contribution in [-0.4, -0.2) is 31.1 Å². The molecule has 1 aromatic carbocycles. The smallest absolute Gasteiger partial charge is 0.433 e. The van der Waals surface area contributed by atoms with E-state index in [4.69, 9.17) is 9.47 Å². The highest BCUT2D eigenvalue weighted by atomic mass is 19.4. The van der Waals surface area contributed by atoms with Gasteiger partial charge < -0.3 is 9.47 Å². The van der Waals surface area contributed by atoms with Crippen LogP contribution in [0.1, 0.15) is 12.6 Å². The molecule has 0 fully saturated rings. The predicted molar refractivity (Wildman–Crippen MR) is 78.7 cm³/mol. The van der Waals surface area contributed by atoms with Crippen molar-refractivity contribution in [2.75, 3.05) is 14.2 Å². The lowest BCUT2D eigenvalue weighted by atomic mass is 10.1. The summed E-state index contributed by atoms with van der Waals surface area (Å²) >= 11 is 0. The van der Waals surface area contributed by atoms with E-state index in [0.717, 1.165) is 6.07 Å². The maximum Gasteiger partial charge on any atom is 0.433 e. The van der Waals surface area contributed by atoms with Crippen molar-refractivity contribution in [3.05, 3.63) is 23.9 Å². The zero-order chi connectivity index (χ0) is 19.0. The van der Waals surface area contributed by atoms with Crippen molar-refractivity contribution in [1.82, 2.24) is 4.98 Å². The summed E-state index contributed by atoms with van der Waals surface area (Å²) in [7, 11) is 2.55. The third-order valence-corrected chi connectivity index (χ3v) is 3.28. The molecule has 0 saturated heterocycles. The molecule has 2 aromatic rings. The van der Waals surface area contributed by atoms with Crippen molar-refractivity contribution < 1.29 is 35.8 Å². The van der Waals surface area contributed by atoms with E-state index in [1.165, 1.54) is 20.3 Å². The molecule has 1 aromatic heterocycles. The molecule has 0 aliphatic rings. The van der Waals surface area contributed by atoms with Crippen LogP contribution in [0.3, 0.4) is 0 Å². The number of fused-ring (bicyclic) bond motifs is 1. The average Bonchev–Trinajstić information content (AvgIpc) is 2.51. The lowest BCUT2D eigenvalue weighted by Crippen LogP contribution is -2.19. The van der Waals surface area contributed by atoms with Crippen LogP contribution in [0.2, 0.25) is 0 Å². The predicted octanol–water partition coefficient (Wildman–Crippen LogP) is 4.93. The van der Waals surface area contributed by atoms with Crippen LogP contribution in [0, 0.1) is 0 Å². The van der Waals surface area contributed by atoms with Crippen LogP contribution < -0.4 is 9.47 Å². The lowest BCUT2D eigenvalue weighted by molar-refractivity contribution is -0.140. The van der Waals surface area contributed by atoms with Gasteiger partial charge in [0.25, 0.3) is 0 Å². The summed E-state index contributed by atoms with van der Waals surface area (Å²) in [5, 5.41) is -0.0331. The quantitative estimate of drug-likeness (QED) is 0.572. The van der Waals surface area contributed by atoms with Crippen LogP contribution in [-0.2, 0) is 6.18 Å². The minimum atomic E-state index is -4.85. The molecule has 136 valence electrons. The third-order valence-electron chi connectivity index (χ3n) is 3.28. The van der Waals surface area contributed by atoms with E-state index < -0.39 is 29.4 Å². The largest absolute Gasteiger partial charge is 0.493 e. The summed E-state index contributed by atoms with van der Waals surface area (Å²) in [6.07, 6.45) is -9.62. The Labute approximate surface area is 138 Å². The number of pyridine rings is 1. The van der Waals surface area contributed by atoms with Crippen molar-refractivity contribution in [3.8, 4) is 11.5 Å². The molecular weight excluding hydrogens is 354 g/mol. The van der Waals surface area contributed by atoms with Gasteiger partial charge in [-0.3, -0.25) is 0 Å². The zero-order valence-electron chi connectivity index (χ0n) is 13.2. The van der Waals surface area contributed by atoms with Gasteiger partial charge in [-0.15, -0.1) is 0 Å². The number of nitrogens with zero attached hydrogens (tertiary/aromatic N) is 2. The van der Waals surface area contributed by atoms with E-state index >= 15 is 0 Å². The number of halogens is 6. The van der Waals surface area contributed by atoms with Gasteiger partial charge in [0.05, 0.1) is 25.4 Å². The normalized spacial score (nSPS) is 13.2. The zero-order valence-corrected chi connectivity index (χ0v) is 13.2. The molecule has 1 heterocycles.